The molecule has 1 amide bonds. The Labute approximate surface area is 204 Å². The smallest absolute Gasteiger partial charge is 0.260 e. The summed E-state index contributed by atoms with van der Waals surface area (Å²) in [5.41, 5.74) is 1.95. The lowest BCUT2D eigenvalue weighted by Crippen LogP contribution is -2.58. The van der Waals surface area contributed by atoms with Gasteiger partial charge in [-0.25, -0.2) is 9.37 Å². The average Bonchev–Trinajstić information content (AvgIpc) is 3.36. The van der Waals surface area contributed by atoms with Crippen LogP contribution in [0.15, 0.2) is 61.2 Å². The van der Waals surface area contributed by atoms with Gasteiger partial charge in [-0.15, -0.1) is 0 Å². The molecule has 3 atom stereocenters. The van der Waals surface area contributed by atoms with E-state index in [9.17, 15) is 9.18 Å². The van der Waals surface area contributed by atoms with Crippen molar-refractivity contribution in [1.29, 1.82) is 0 Å². The van der Waals surface area contributed by atoms with Crippen LogP contribution in [0.4, 0.5) is 4.39 Å². The molecule has 0 spiro atoms. The zero-order valence-corrected chi connectivity index (χ0v) is 20.5. The Morgan fingerprint density at radius 3 is 2.65 bits per heavy atom. The van der Waals surface area contributed by atoms with Crippen molar-refractivity contribution in [2.75, 3.05) is 19.7 Å². The Morgan fingerprint density at radius 1 is 1.18 bits per heavy atom. The molecule has 0 saturated carbocycles. The van der Waals surface area contributed by atoms with Crippen LogP contribution >= 0.6 is 11.6 Å². The highest BCUT2D eigenvalue weighted by Gasteiger charge is 2.32. The summed E-state index contributed by atoms with van der Waals surface area (Å²) in [6.45, 7) is 8.24. The molecule has 0 radical (unpaired) electrons. The number of piperazine rings is 1. The fraction of sp³-hybridized carbons (Fsp3) is 0.385. The van der Waals surface area contributed by atoms with E-state index in [1.54, 1.807) is 18.6 Å². The van der Waals surface area contributed by atoms with Crippen molar-refractivity contribution < 1.29 is 13.9 Å². The molecule has 3 aromatic rings. The van der Waals surface area contributed by atoms with E-state index in [1.807, 2.05) is 46.9 Å². The third-order valence-electron chi connectivity index (χ3n) is 6.48. The molecule has 1 aliphatic rings. The number of hydrogen-bond acceptors (Lipinski definition) is 4. The normalized spacial score (nSPS) is 19.7. The predicted octanol–water partition coefficient (Wildman–Crippen LogP) is 4.79. The lowest BCUT2D eigenvalue weighted by Gasteiger charge is -2.44. The number of benzene rings is 2. The quantitative estimate of drug-likeness (QED) is 0.484. The van der Waals surface area contributed by atoms with Gasteiger partial charge in [0.1, 0.15) is 11.6 Å². The molecule has 2 aromatic carbocycles. The van der Waals surface area contributed by atoms with Crippen molar-refractivity contribution in [2.45, 2.75) is 45.4 Å². The number of aromatic nitrogens is 2. The molecule has 1 fully saturated rings. The van der Waals surface area contributed by atoms with Gasteiger partial charge in [0.25, 0.3) is 5.91 Å². The van der Waals surface area contributed by atoms with Crippen LogP contribution in [0.5, 0.6) is 5.75 Å². The van der Waals surface area contributed by atoms with E-state index in [2.05, 4.69) is 23.7 Å². The Morgan fingerprint density at radius 2 is 1.94 bits per heavy atom. The Bertz CT molecular complexity index is 1110. The fourth-order valence-electron chi connectivity index (χ4n) is 4.45. The van der Waals surface area contributed by atoms with Crippen molar-refractivity contribution in [3.8, 4) is 5.75 Å². The second-order valence-corrected chi connectivity index (χ2v) is 9.39. The van der Waals surface area contributed by atoms with Gasteiger partial charge in [-0.05, 0) is 56.7 Å². The van der Waals surface area contributed by atoms with Crippen LogP contribution in [-0.4, -0.2) is 57.0 Å². The summed E-state index contributed by atoms with van der Waals surface area (Å²) in [7, 11) is 0. The largest absolute Gasteiger partial charge is 0.483 e. The maximum Gasteiger partial charge on any atom is 0.260 e. The highest BCUT2D eigenvalue weighted by Crippen LogP contribution is 2.31. The van der Waals surface area contributed by atoms with Crippen LogP contribution in [-0.2, 0) is 11.3 Å². The van der Waals surface area contributed by atoms with E-state index in [-0.39, 0.29) is 36.5 Å². The standard InChI is InChI=1S/C26H30ClFN4O2/c1-18-14-32(19(2)13-31(18)15-21-4-7-23(28)8-5-21)26(33)16-34-25-9-6-22(27)12-24(25)20(3)30-11-10-29-17-30/h4-12,17-20H,13-16H2,1-3H3/t18-,19+,20?/m1/s1. The van der Waals surface area contributed by atoms with Gasteiger partial charge < -0.3 is 14.2 Å². The van der Waals surface area contributed by atoms with Crippen molar-refractivity contribution >= 4 is 17.5 Å². The Kier molecular flexibility index (Phi) is 7.54. The molecule has 1 aliphatic heterocycles. The maximum atomic E-state index is 13.2. The monoisotopic (exact) mass is 484 g/mol. The average molecular weight is 485 g/mol. The first-order valence-corrected chi connectivity index (χ1v) is 11.9. The molecular formula is C26H30ClFN4O2. The number of halogens is 2. The molecule has 1 aromatic heterocycles. The molecule has 6 nitrogen and oxygen atoms in total. The van der Waals surface area contributed by atoms with Crippen molar-refractivity contribution in [3.05, 3.63) is 83.2 Å². The maximum absolute atomic E-state index is 13.2. The number of carbonyl (C=O) groups is 1. The summed E-state index contributed by atoms with van der Waals surface area (Å²) in [5, 5.41) is 0.611. The first kappa shape index (κ1) is 24.2. The molecule has 34 heavy (non-hydrogen) atoms. The summed E-state index contributed by atoms with van der Waals surface area (Å²) >= 11 is 6.24. The van der Waals surface area contributed by atoms with Crippen LogP contribution in [0.1, 0.15) is 37.9 Å². The number of nitrogens with zero attached hydrogens (tertiary/aromatic N) is 4. The van der Waals surface area contributed by atoms with Gasteiger partial charge in [-0.1, -0.05) is 23.7 Å². The predicted molar refractivity (Wildman–Crippen MR) is 130 cm³/mol. The second-order valence-electron chi connectivity index (χ2n) is 8.96. The van der Waals surface area contributed by atoms with Crippen LogP contribution in [0.3, 0.4) is 0 Å². The fourth-order valence-corrected chi connectivity index (χ4v) is 4.63. The Balaban J connectivity index is 1.39. The van der Waals surface area contributed by atoms with Crippen molar-refractivity contribution in [2.24, 2.45) is 0 Å². The van der Waals surface area contributed by atoms with Gasteiger partial charge in [0.15, 0.2) is 6.61 Å². The minimum absolute atomic E-state index is 0.0414. The zero-order chi connectivity index (χ0) is 24.2. The SMILES string of the molecule is CC(c1cc(Cl)ccc1OCC(=O)N1C[C@@H](C)N(Cc2ccc(F)cc2)C[C@@H]1C)n1ccnc1. The summed E-state index contributed by atoms with van der Waals surface area (Å²) in [6, 6.07) is 12.2. The van der Waals surface area contributed by atoms with E-state index >= 15 is 0 Å². The zero-order valence-electron chi connectivity index (χ0n) is 19.7. The lowest BCUT2D eigenvalue weighted by atomic mass is 10.1. The molecule has 4 rings (SSSR count). The summed E-state index contributed by atoms with van der Waals surface area (Å²) < 4.78 is 21.2. The summed E-state index contributed by atoms with van der Waals surface area (Å²) in [6.07, 6.45) is 5.35. The molecule has 2 heterocycles. The molecule has 1 saturated heterocycles. The molecule has 180 valence electrons. The van der Waals surface area contributed by atoms with Gasteiger partial charge in [0, 0.05) is 54.7 Å². The van der Waals surface area contributed by atoms with E-state index in [1.165, 1.54) is 12.1 Å². The van der Waals surface area contributed by atoms with Gasteiger partial charge in [-0.3, -0.25) is 9.69 Å². The second kappa shape index (κ2) is 10.6. The van der Waals surface area contributed by atoms with E-state index in [4.69, 9.17) is 16.3 Å². The summed E-state index contributed by atoms with van der Waals surface area (Å²) in [4.78, 5) is 21.4. The number of amides is 1. The van der Waals surface area contributed by atoms with Crippen LogP contribution in [0.2, 0.25) is 5.02 Å². The summed E-state index contributed by atoms with van der Waals surface area (Å²) in [5.74, 6) is 0.357. The molecule has 8 heteroatoms. The minimum atomic E-state index is -0.233. The number of rotatable bonds is 7. The topological polar surface area (TPSA) is 50.6 Å². The number of carbonyl (C=O) groups excluding carboxylic acids is 1. The number of ether oxygens (including phenoxy) is 1. The third-order valence-corrected chi connectivity index (χ3v) is 6.71. The van der Waals surface area contributed by atoms with Crippen LogP contribution in [0, 0.1) is 5.82 Å². The van der Waals surface area contributed by atoms with Gasteiger partial charge in [0.2, 0.25) is 0 Å². The number of hydrogen-bond donors (Lipinski definition) is 0. The molecule has 0 N–H and O–H groups in total. The molecule has 0 bridgehead atoms. The highest BCUT2D eigenvalue weighted by molar-refractivity contribution is 6.30. The highest BCUT2D eigenvalue weighted by atomic mass is 35.5. The molecular weight excluding hydrogens is 455 g/mol. The lowest BCUT2D eigenvalue weighted by molar-refractivity contribution is -0.139. The van der Waals surface area contributed by atoms with Crippen molar-refractivity contribution in [1.82, 2.24) is 19.4 Å². The first-order chi connectivity index (χ1) is 16.3. The van der Waals surface area contributed by atoms with Gasteiger partial charge >= 0.3 is 0 Å². The molecule has 1 unspecified atom stereocenters. The number of imidazole rings is 1. The van der Waals surface area contributed by atoms with Crippen molar-refractivity contribution in [3.63, 3.8) is 0 Å². The first-order valence-electron chi connectivity index (χ1n) is 11.5. The molecule has 0 aliphatic carbocycles. The minimum Gasteiger partial charge on any atom is -0.483 e. The van der Waals surface area contributed by atoms with E-state index in [0.717, 1.165) is 24.2 Å². The van der Waals surface area contributed by atoms with Gasteiger partial charge in [-0.2, -0.15) is 0 Å². The van der Waals surface area contributed by atoms with Crippen LogP contribution in [0.25, 0.3) is 0 Å². The van der Waals surface area contributed by atoms with E-state index in [0.29, 0.717) is 17.3 Å². The van der Waals surface area contributed by atoms with Gasteiger partial charge in [0.05, 0.1) is 12.4 Å². The third kappa shape index (κ3) is 5.59. The van der Waals surface area contributed by atoms with E-state index < -0.39 is 0 Å². The Hall–Kier alpha value is -2.90. The van der Waals surface area contributed by atoms with Crippen LogP contribution < -0.4 is 4.74 Å².